The van der Waals surface area contributed by atoms with E-state index in [1.54, 1.807) is 0 Å². The number of carbonyl (C=O) groups is 2. The summed E-state index contributed by atoms with van der Waals surface area (Å²) >= 11 is 14.0. The van der Waals surface area contributed by atoms with Crippen LogP contribution in [-0.4, -0.2) is 56.2 Å². The van der Waals surface area contributed by atoms with Crippen molar-refractivity contribution in [1.82, 2.24) is 0 Å². The summed E-state index contributed by atoms with van der Waals surface area (Å²) in [4.78, 5) is 23.8. The Bertz CT molecular complexity index is 681. The van der Waals surface area contributed by atoms with E-state index in [9.17, 15) is 19.8 Å². The molecule has 2 N–H and O–H groups in total. The molecule has 4 unspecified atom stereocenters. The first-order valence-corrected chi connectivity index (χ1v) is 10.2. The van der Waals surface area contributed by atoms with E-state index in [4.69, 9.17) is 9.47 Å². The zero-order valence-electron chi connectivity index (χ0n) is 12.0. The van der Waals surface area contributed by atoms with Gasteiger partial charge >= 0.3 is 11.9 Å². The number of allylic oxidation sites excluding steroid dienone is 1. The summed E-state index contributed by atoms with van der Waals surface area (Å²) in [5.74, 6) is -2.60. The quantitative estimate of drug-likeness (QED) is 0.361. The number of epoxide rings is 2. The van der Waals surface area contributed by atoms with Gasteiger partial charge in [-0.05, 0) is 28.8 Å². The van der Waals surface area contributed by atoms with Gasteiger partial charge in [0.25, 0.3) is 0 Å². The van der Waals surface area contributed by atoms with Crippen LogP contribution in [0.25, 0.3) is 0 Å². The van der Waals surface area contributed by atoms with E-state index in [1.165, 1.54) is 0 Å². The molecule has 2 saturated heterocycles. The van der Waals surface area contributed by atoms with Gasteiger partial charge in [0, 0.05) is 8.96 Å². The third kappa shape index (κ3) is 3.07. The predicted molar refractivity (Wildman–Crippen MR) is 99.2 cm³/mol. The first-order chi connectivity index (χ1) is 11.1. The third-order valence-corrected chi connectivity index (χ3v) is 10.5. The summed E-state index contributed by atoms with van der Waals surface area (Å²) in [6.45, 7) is 1.11. The minimum atomic E-state index is -1.31. The molecule has 0 aromatic carbocycles. The summed E-state index contributed by atoms with van der Waals surface area (Å²) in [6.07, 6.45) is 0.655. The molecule has 1 aliphatic carbocycles. The molecule has 0 bridgehead atoms. The molecule has 6 nitrogen and oxygen atoms in total. The van der Waals surface area contributed by atoms with Gasteiger partial charge in [0.2, 0.25) is 0 Å². The van der Waals surface area contributed by atoms with Crippen molar-refractivity contribution in [2.24, 2.45) is 0 Å². The maximum absolute atomic E-state index is 12.0. The Morgan fingerprint density at radius 1 is 1.00 bits per heavy atom. The van der Waals surface area contributed by atoms with Gasteiger partial charge in [-0.1, -0.05) is 47.8 Å². The van der Waals surface area contributed by atoms with Crippen molar-refractivity contribution < 1.29 is 29.3 Å². The number of carboxylic acid groups (broad SMARTS) is 2. The predicted octanol–water partition coefficient (Wildman–Crippen LogP) is 3.31. The van der Waals surface area contributed by atoms with E-state index in [0.717, 1.165) is 0 Å². The van der Waals surface area contributed by atoms with Crippen LogP contribution in [0.4, 0.5) is 0 Å². The van der Waals surface area contributed by atoms with Crippen molar-refractivity contribution in [2.45, 2.75) is 33.7 Å². The molecule has 2 fully saturated rings. The van der Waals surface area contributed by atoms with Gasteiger partial charge in [-0.3, -0.25) is 0 Å². The zero-order valence-corrected chi connectivity index (χ0v) is 18.4. The smallest absolute Gasteiger partial charge is 0.337 e. The standard InChI is InChI=1S/C14H12Br4O6/c15-9-7(11(19)20)8(12(21)22)13(17,1-5-3-23-5)14(18,10(9)16)2-6-4-24-6/h5-6H,1-4H2,(H,19,20)(H,21,22). The molecule has 0 aromatic rings. The van der Waals surface area contributed by atoms with E-state index in [2.05, 4.69) is 63.7 Å². The molecule has 10 heteroatoms. The fraction of sp³-hybridized carbons (Fsp3) is 0.571. The molecule has 0 saturated carbocycles. The number of halogens is 4. The van der Waals surface area contributed by atoms with E-state index in [-0.39, 0.29) is 27.8 Å². The summed E-state index contributed by atoms with van der Waals surface area (Å²) in [5.41, 5.74) is -0.489. The van der Waals surface area contributed by atoms with E-state index in [1.807, 2.05) is 0 Å². The molecule has 2 aliphatic heterocycles. The number of hydrogen-bond donors (Lipinski definition) is 2. The topological polar surface area (TPSA) is 99.7 Å². The Balaban J connectivity index is 2.23. The lowest BCUT2D eigenvalue weighted by Crippen LogP contribution is -2.53. The number of carboxylic acids is 2. The van der Waals surface area contributed by atoms with Crippen LogP contribution in [0.3, 0.4) is 0 Å². The second-order valence-electron chi connectivity index (χ2n) is 5.91. The second kappa shape index (κ2) is 6.45. The average molecular weight is 596 g/mol. The lowest BCUT2D eigenvalue weighted by Gasteiger charge is -2.47. The lowest BCUT2D eigenvalue weighted by molar-refractivity contribution is -0.136. The first kappa shape index (κ1) is 19.0. The minimum Gasteiger partial charge on any atom is -0.478 e. The molecule has 132 valence electrons. The Hall–Kier alpha value is 0.260. The molecule has 2 heterocycles. The van der Waals surface area contributed by atoms with Crippen molar-refractivity contribution in [3.63, 3.8) is 0 Å². The van der Waals surface area contributed by atoms with Crippen LogP contribution in [0, 0.1) is 0 Å². The summed E-state index contributed by atoms with van der Waals surface area (Å²) in [6, 6.07) is 0. The van der Waals surface area contributed by atoms with Crippen LogP contribution in [0.5, 0.6) is 0 Å². The van der Waals surface area contributed by atoms with Crippen LogP contribution in [0.15, 0.2) is 20.1 Å². The van der Waals surface area contributed by atoms with Crippen LogP contribution < -0.4 is 0 Å². The van der Waals surface area contributed by atoms with Crippen molar-refractivity contribution in [3.8, 4) is 0 Å². The number of rotatable bonds is 6. The first-order valence-electron chi connectivity index (χ1n) is 7.00. The van der Waals surface area contributed by atoms with E-state index >= 15 is 0 Å². The number of ether oxygens (including phenoxy) is 2. The lowest BCUT2D eigenvalue weighted by atomic mass is 9.74. The highest BCUT2D eigenvalue weighted by Crippen LogP contribution is 2.62. The SMILES string of the molecule is O=C(O)C1=C(C(=O)O)C(Br)(CC2CO2)C(Br)(CC2CO2)C(Br)=C1Br. The van der Waals surface area contributed by atoms with Gasteiger partial charge in [0.15, 0.2) is 0 Å². The van der Waals surface area contributed by atoms with Gasteiger partial charge in [-0.25, -0.2) is 9.59 Å². The fourth-order valence-corrected chi connectivity index (χ4v) is 6.90. The van der Waals surface area contributed by atoms with Crippen LogP contribution in [0.1, 0.15) is 12.8 Å². The maximum Gasteiger partial charge on any atom is 0.337 e. The molecule has 3 rings (SSSR count). The molecule has 0 radical (unpaired) electrons. The maximum atomic E-state index is 12.0. The zero-order chi connectivity index (χ0) is 17.9. The molecule has 0 spiro atoms. The summed E-state index contributed by atoms with van der Waals surface area (Å²) < 4.78 is 9.28. The normalized spacial score (nSPS) is 38.3. The van der Waals surface area contributed by atoms with Gasteiger partial charge in [0.1, 0.15) is 0 Å². The minimum absolute atomic E-state index is 0.0179. The molecule has 4 atom stereocenters. The Morgan fingerprint density at radius 3 is 1.83 bits per heavy atom. The number of alkyl halides is 2. The third-order valence-electron chi connectivity index (χ3n) is 4.28. The molecular weight excluding hydrogens is 584 g/mol. The molecule has 24 heavy (non-hydrogen) atoms. The van der Waals surface area contributed by atoms with Crippen LogP contribution in [0.2, 0.25) is 0 Å². The number of hydrogen-bond acceptors (Lipinski definition) is 4. The number of aliphatic carboxylic acids is 2. The Morgan fingerprint density at radius 2 is 1.46 bits per heavy atom. The summed E-state index contributed by atoms with van der Waals surface area (Å²) in [5, 5.41) is 19.4. The van der Waals surface area contributed by atoms with Gasteiger partial charge in [-0.2, -0.15) is 0 Å². The molecule has 0 aromatic heterocycles. The largest absolute Gasteiger partial charge is 0.478 e. The average Bonchev–Trinajstić information content (AvgIpc) is 3.37. The second-order valence-corrected chi connectivity index (χ2v) is 10.2. The molecule has 3 aliphatic rings. The molecular formula is C14H12Br4O6. The Labute approximate surface area is 171 Å². The van der Waals surface area contributed by atoms with E-state index < -0.39 is 20.6 Å². The monoisotopic (exact) mass is 592 g/mol. The molecule has 0 amide bonds. The highest BCUT2D eigenvalue weighted by molar-refractivity contribution is 9.16. The summed E-state index contributed by atoms with van der Waals surface area (Å²) in [7, 11) is 0. The van der Waals surface area contributed by atoms with Crippen LogP contribution >= 0.6 is 63.7 Å². The van der Waals surface area contributed by atoms with Crippen molar-refractivity contribution in [2.75, 3.05) is 13.2 Å². The van der Waals surface area contributed by atoms with Crippen molar-refractivity contribution in [3.05, 3.63) is 20.1 Å². The fourth-order valence-electron chi connectivity index (χ4n) is 2.96. The Kier molecular flexibility index (Phi) is 5.12. The van der Waals surface area contributed by atoms with E-state index in [0.29, 0.717) is 30.5 Å². The highest BCUT2D eigenvalue weighted by atomic mass is 79.9. The van der Waals surface area contributed by atoms with Crippen LogP contribution in [-0.2, 0) is 19.1 Å². The van der Waals surface area contributed by atoms with Crippen molar-refractivity contribution >= 4 is 75.7 Å². The van der Waals surface area contributed by atoms with Gasteiger partial charge in [-0.15, -0.1) is 0 Å². The van der Waals surface area contributed by atoms with Crippen molar-refractivity contribution in [1.29, 1.82) is 0 Å². The highest BCUT2D eigenvalue weighted by Gasteiger charge is 2.62. The van der Waals surface area contributed by atoms with Gasteiger partial charge < -0.3 is 19.7 Å². The van der Waals surface area contributed by atoms with Gasteiger partial charge in [0.05, 0.1) is 45.2 Å².